The molecule has 1 aliphatic carbocycles. The van der Waals surface area contributed by atoms with Crippen molar-refractivity contribution in [2.75, 3.05) is 14.2 Å². The quantitative estimate of drug-likeness (QED) is 0.230. The van der Waals surface area contributed by atoms with E-state index in [1.54, 1.807) is 12.0 Å². The van der Waals surface area contributed by atoms with Crippen molar-refractivity contribution in [2.45, 2.75) is 50.9 Å². The standard InChI is InChI=1S/C31H31ClF2N2O3S/c1-35-22-8-10-23(11-9-22)36(31(38)30-28(32)27-24(33)12-13-25(34)29(27)40-30)16-21-15-20(7-14-26(21)39-2)19-5-3-18(17-37)4-6-19/h3-7,12-15,22-23,35,37H,8-11,16-17H2,1-2H3/t22-,23-. The highest BCUT2D eigenvalue weighted by atomic mass is 35.5. The number of ether oxygens (including phenoxy) is 1. The van der Waals surface area contributed by atoms with Crippen molar-refractivity contribution in [1.82, 2.24) is 10.2 Å². The second kappa shape index (κ2) is 12.2. The van der Waals surface area contributed by atoms with Crippen LogP contribution in [0, 0.1) is 11.6 Å². The number of fused-ring (bicyclic) bond motifs is 1. The number of carbonyl (C=O) groups excluding carboxylic acids is 1. The van der Waals surface area contributed by atoms with Gasteiger partial charge >= 0.3 is 0 Å². The van der Waals surface area contributed by atoms with E-state index in [1.165, 1.54) is 0 Å². The van der Waals surface area contributed by atoms with Crippen LogP contribution < -0.4 is 10.1 Å². The van der Waals surface area contributed by atoms with E-state index in [4.69, 9.17) is 16.3 Å². The highest BCUT2D eigenvalue weighted by Gasteiger charge is 2.33. The molecule has 1 fully saturated rings. The lowest BCUT2D eigenvalue weighted by Gasteiger charge is -2.37. The number of thiophene rings is 1. The van der Waals surface area contributed by atoms with E-state index in [0.717, 1.165) is 71.4 Å². The van der Waals surface area contributed by atoms with E-state index in [-0.39, 0.29) is 45.1 Å². The summed E-state index contributed by atoms with van der Waals surface area (Å²) in [5.74, 6) is -0.973. The van der Waals surface area contributed by atoms with Gasteiger partial charge in [-0.2, -0.15) is 0 Å². The Balaban J connectivity index is 1.55. The molecule has 1 aromatic heterocycles. The topological polar surface area (TPSA) is 61.8 Å². The van der Waals surface area contributed by atoms with Gasteiger partial charge in [0.15, 0.2) is 0 Å². The molecule has 0 atom stereocenters. The third-order valence-electron chi connectivity index (χ3n) is 7.77. The van der Waals surface area contributed by atoms with E-state index in [0.29, 0.717) is 11.8 Å². The SMILES string of the molecule is CN[C@H]1CC[C@H](N(Cc2cc(-c3ccc(CO)cc3)ccc2OC)C(=O)c2sc3c(F)ccc(F)c3c2Cl)CC1. The number of amides is 1. The van der Waals surface area contributed by atoms with Gasteiger partial charge in [0.1, 0.15) is 22.3 Å². The second-order valence-electron chi connectivity index (χ2n) is 10.1. The zero-order valence-corrected chi connectivity index (χ0v) is 23.9. The molecule has 1 amide bonds. The molecule has 1 heterocycles. The molecule has 0 unspecified atom stereocenters. The maximum Gasteiger partial charge on any atom is 0.266 e. The predicted molar refractivity (Wildman–Crippen MR) is 156 cm³/mol. The maximum atomic E-state index is 14.6. The molecule has 40 heavy (non-hydrogen) atoms. The molecule has 1 saturated carbocycles. The summed E-state index contributed by atoms with van der Waals surface area (Å²) in [6.07, 6.45) is 3.38. The number of carbonyl (C=O) groups is 1. The van der Waals surface area contributed by atoms with Crippen LogP contribution in [0.3, 0.4) is 0 Å². The number of hydrogen-bond acceptors (Lipinski definition) is 5. The Morgan fingerprint density at radius 3 is 2.35 bits per heavy atom. The molecule has 1 aliphatic rings. The number of aliphatic hydroxyl groups excluding tert-OH is 1. The Hall–Kier alpha value is -3.04. The molecule has 3 aromatic carbocycles. The third-order valence-corrected chi connectivity index (χ3v) is 9.45. The molecule has 0 saturated heterocycles. The number of rotatable bonds is 8. The predicted octanol–water partition coefficient (Wildman–Crippen LogP) is 7.17. The van der Waals surface area contributed by atoms with Gasteiger partial charge in [-0.1, -0.05) is 41.9 Å². The van der Waals surface area contributed by atoms with Crippen LogP contribution in [0.2, 0.25) is 5.02 Å². The van der Waals surface area contributed by atoms with Gasteiger partial charge in [-0.15, -0.1) is 11.3 Å². The number of benzene rings is 3. The minimum Gasteiger partial charge on any atom is -0.496 e. The highest BCUT2D eigenvalue weighted by Crippen LogP contribution is 2.40. The van der Waals surface area contributed by atoms with Gasteiger partial charge in [0, 0.05) is 24.2 Å². The van der Waals surface area contributed by atoms with Crippen LogP contribution in [0.25, 0.3) is 21.2 Å². The molecule has 5 rings (SSSR count). The number of aliphatic hydroxyl groups is 1. The average Bonchev–Trinajstić information content (AvgIpc) is 3.35. The Morgan fingerprint density at radius 1 is 1.05 bits per heavy atom. The molecule has 5 nitrogen and oxygen atoms in total. The number of nitrogens with zero attached hydrogens (tertiary/aromatic N) is 1. The highest BCUT2D eigenvalue weighted by molar-refractivity contribution is 7.21. The van der Waals surface area contributed by atoms with E-state index in [9.17, 15) is 18.7 Å². The number of hydrogen-bond donors (Lipinski definition) is 2. The summed E-state index contributed by atoms with van der Waals surface area (Å²) in [5.41, 5.74) is 3.53. The molecule has 0 aliphatic heterocycles. The van der Waals surface area contributed by atoms with Crippen LogP contribution in [0.15, 0.2) is 54.6 Å². The van der Waals surface area contributed by atoms with Crippen molar-refractivity contribution >= 4 is 38.9 Å². The van der Waals surface area contributed by atoms with Crippen molar-refractivity contribution in [2.24, 2.45) is 0 Å². The Labute approximate surface area is 241 Å². The zero-order chi connectivity index (χ0) is 28.4. The number of methoxy groups -OCH3 is 1. The minimum atomic E-state index is -0.653. The number of halogens is 3. The van der Waals surface area contributed by atoms with E-state index in [1.807, 2.05) is 49.5 Å². The lowest BCUT2D eigenvalue weighted by molar-refractivity contribution is 0.0604. The van der Waals surface area contributed by atoms with Crippen LogP contribution in [-0.2, 0) is 13.2 Å². The van der Waals surface area contributed by atoms with Crippen LogP contribution >= 0.6 is 22.9 Å². The summed E-state index contributed by atoms with van der Waals surface area (Å²) in [6, 6.07) is 15.8. The summed E-state index contributed by atoms with van der Waals surface area (Å²) in [7, 11) is 3.53. The second-order valence-corrected chi connectivity index (χ2v) is 11.5. The Kier molecular flexibility index (Phi) is 8.71. The van der Waals surface area contributed by atoms with Crippen molar-refractivity contribution in [1.29, 1.82) is 0 Å². The van der Waals surface area contributed by atoms with Crippen molar-refractivity contribution < 1.29 is 23.4 Å². The molecule has 0 bridgehead atoms. The van der Waals surface area contributed by atoms with Gasteiger partial charge in [0.25, 0.3) is 5.91 Å². The van der Waals surface area contributed by atoms with Crippen LogP contribution in [0.4, 0.5) is 8.78 Å². The van der Waals surface area contributed by atoms with Gasteiger partial charge in [-0.05, 0) is 73.7 Å². The fourth-order valence-electron chi connectivity index (χ4n) is 5.48. The molecule has 9 heteroatoms. The first-order chi connectivity index (χ1) is 19.3. The summed E-state index contributed by atoms with van der Waals surface area (Å²) in [6.45, 7) is 0.212. The molecule has 0 spiro atoms. The molecular formula is C31H31ClF2N2O3S. The van der Waals surface area contributed by atoms with Crippen LogP contribution in [0.1, 0.15) is 46.5 Å². The van der Waals surface area contributed by atoms with Crippen molar-refractivity contribution in [3.05, 3.63) is 87.3 Å². The normalized spacial score (nSPS) is 17.2. The molecule has 4 aromatic rings. The molecule has 210 valence electrons. The third kappa shape index (κ3) is 5.59. The van der Waals surface area contributed by atoms with Gasteiger partial charge < -0.3 is 20.1 Å². The Morgan fingerprint density at radius 2 is 1.73 bits per heavy atom. The lowest BCUT2D eigenvalue weighted by Crippen LogP contribution is -2.44. The lowest BCUT2D eigenvalue weighted by atomic mass is 9.89. The van der Waals surface area contributed by atoms with E-state index in [2.05, 4.69) is 5.32 Å². The van der Waals surface area contributed by atoms with E-state index < -0.39 is 11.6 Å². The fraction of sp³-hybridized carbons (Fsp3) is 0.323. The number of nitrogens with one attached hydrogen (secondary N) is 1. The first-order valence-electron chi connectivity index (χ1n) is 13.3. The maximum absolute atomic E-state index is 14.6. The van der Waals surface area contributed by atoms with Crippen molar-refractivity contribution in [3.8, 4) is 16.9 Å². The summed E-state index contributed by atoms with van der Waals surface area (Å²) in [4.78, 5) is 16.1. The van der Waals surface area contributed by atoms with Crippen LogP contribution in [0.5, 0.6) is 5.75 Å². The van der Waals surface area contributed by atoms with Gasteiger partial charge in [-0.3, -0.25) is 4.79 Å². The summed E-state index contributed by atoms with van der Waals surface area (Å²) in [5, 5.41) is 12.6. The Bertz CT molecular complexity index is 1520. The van der Waals surface area contributed by atoms with Gasteiger partial charge in [0.05, 0.1) is 28.8 Å². The molecular weight excluding hydrogens is 554 g/mol. The fourth-order valence-corrected chi connectivity index (χ4v) is 6.98. The van der Waals surface area contributed by atoms with E-state index >= 15 is 0 Å². The zero-order valence-electron chi connectivity index (χ0n) is 22.3. The van der Waals surface area contributed by atoms with Gasteiger partial charge in [0.2, 0.25) is 0 Å². The first kappa shape index (κ1) is 28.5. The minimum absolute atomic E-state index is 0.0326. The average molecular weight is 585 g/mol. The molecule has 0 radical (unpaired) electrons. The summed E-state index contributed by atoms with van der Waals surface area (Å²) < 4.78 is 34.9. The largest absolute Gasteiger partial charge is 0.496 e. The monoisotopic (exact) mass is 584 g/mol. The first-order valence-corrected chi connectivity index (χ1v) is 14.4. The smallest absolute Gasteiger partial charge is 0.266 e. The van der Waals surface area contributed by atoms with Crippen LogP contribution in [-0.4, -0.2) is 42.2 Å². The molecule has 2 N–H and O–H groups in total. The summed E-state index contributed by atoms with van der Waals surface area (Å²) >= 11 is 7.45. The van der Waals surface area contributed by atoms with Gasteiger partial charge in [-0.25, -0.2) is 8.78 Å². The van der Waals surface area contributed by atoms with Crippen molar-refractivity contribution in [3.63, 3.8) is 0 Å².